The Bertz CT molecular complexity index is 389. The fraction of sp³-hybridized carbons (Fsp3) is 0.615. The van der Waals surface area contributed by atoms with Crippen LogP contribution in [0.3, 0.4) is 0 Å². The van der Waals surface area contributed by atoms with Gasteiger partial charge in [-0.2, -0.15) is 0 Å². The second-order valence-corrected chi connectivity index (χ2v) is 5.45. The van der Waals surface area contributed by atoms with Crippen molar-refractivity contribution in [1.29, 1.82) is 0 Å². The first-order valence-corrected chi connectivity index (χ1v) is 7.21. The fourth-order valence-corrected chi connectivity index (χ4v) is 3.46. The van der Waals surface area contributed by atoms with E-state index in [1.54, 1.807) is 0 Å². The van der Waals surface area contributed by atoms with Crippen LogP contribution >= 0.6 is 11.3 Å². The first kappa shape index (κ1) is 12.6. The van der Waals surface area contributed by atoms with Crippen LogP contribution in [-0.4, -0.2) is 23.9 Å². The molecule has 0 aromatic carbocycles. The molecule has 1 unspecified atom stereocenters. The maximum absolute atomic E-state index is 12.1. The number of hydrogen-bond acceptors (Lipinski definition) is 3. The summed E-state index contributed by atoms with van der Waals surface area (Å²) < 4.78 is 0. The van der Waals surface area contributed by atoms with Crippen molar-refractivity contribution in [1.82, 2.24) is 4.90 Å². The van der Waals surface area contributed by atoms with E-state index in [0.717, 1.165) is 25.8 Å². The zero-order valence-electron chi connectivity index (χ0n) is 10.3. The SMILES string of the molecule is CCC1c2ccsc2CCN1C(=O)CCCN. The monoisotopic (exact) mass is 252 g/mol. The number of amides is 1. The van der Waals surface area contributed by atoms with Crippen LogP contribution in [0.15, 0.2) is 11.4 Å². The average molecular weight is 252 g/mol. The molecule has 0 fully saturated rings. The number of carbonyl (C=O) groups excluding carboxylic acids is 1. The molecule has 17 heavy (non-hydrogen) atoms. The molecule has 2 heterocycles. The number of fused-ring (bicyclic) bond motifs is 1. The van der Waals surface area contributed by atoms with Gasteiger partial charge in [-0.25, -0.2) is 0 Å². The van der Waals surface area contributed by atoms with Crippen LogP contribution in [0.2, 0.25) is 0 Å². The predicted octanol–water partition coefficient (Wildman–Crippen LogP) is 2.32. The smallest absolute Gasteiger partial charge is 0.223 e. The maximum atomic E-state index is 12.1. The molecular weight excluding hydrogens is 232 g/mol. The highest BCUT2D eigenvalue weighted by atomic mass is 32.1. The normalized spacial score (nSPS) is 19.2. The third-order valence-electron chi connectivity index (χ3n) is 3.40. The Morgan fingerprint density at radius 2 is 2.47 bits per heavy atom. The summed E-state index contributed by atoms with van der Waals surface area (Å²) in [6.45, 7) is 3.62. The minimum atomic E-state index is 0.263. The molecule has 2 N–H and O–H groups in total. The van der Waals surface area contributed by atoms with Crippen molar-refractivity contribution in [3.63, 3.8) is 0 Å². The molecule has 0 radical (unpaired) electrons. The molecule has 1 aromatic rings. The number of carbonyl (C=O) groups is 1. The lowest BCUT2D eigenvalue weighted by atomic mass is 9.97. The summed E-state index contributed by atoms with van der Waals surface area (Å²) >= 11 is 1.82. The molecule has 0 spiro atoms. The molecule has 0 saturated heterocycles. The lowest BCUT2D eigenvalue weighted by Gasteiger charge is -2.35. The van der Waals surface area contributed by atoms with E-state index in [4.69, 9.17) is 5.73 Å². The van der Waals surface area contributed by atoms with Gasteiger partial charge >= 0.3 is 0 Å². The molecule has 0 aliphatic carbocycles. The van der Waals surface area contributed by atoms with Crippen LogP contribution in [0.1, 0.15) is 42.7 Å². The molecule has 1 aromatic heterocycles. The van der Waals surface area contributed by atoms with Gasteiger partial charge in [0.15, 0.2) is 0 Å². The Kier molecular flexibility index (Phi) is 4.18. The van der Waals surface area contributed by atoms with Gasteiger partial charge in [-0.3, -0.25) is 4.79 Å². The van der Waals surface area contributed by atoms with Gasteiger partial charge in [-0.15, -0.1) is 11.3 Å². The first-order chi connectivity index (χ1) is 8.27. The summed E-state index contributed by atoms with van der Waals surface area (Å²) in [5.74, 6) is 0.263. The van der Waals surface area contributed by atoms with Gasteiger partial charge in [0, 0.05) is 17.8 Å². The maximum Gasteiger partial charge on any atom is 0.223 e. The van der Waals surface area contributed by atoms with Crippen molar-refractivity contribution in [2.75, 3.05) is 13.1 Å². The average Bonchev–Trinajstić information content (AvgIpc) is 2.82. The van der Waals surface area contributed by atoms with Crippen molar-refractivity contribution < 1.29 is 4.79 Å². The predicted molar refractivity (Wildman–Crippen MR) is 71.1 cm³/mol. The lowest BCUT2D eigenvalue weighted by molar-refractivity contribution is -0.134. The third-order valence-corrected chi connectivity index (χ3v) is 4.39. The summed E-state index contributed by atoms with van der Waals surface area (Å²) in [6, 6.07) is 2.46. The second-order valence-electron chi connectivity index (χ2n) is 4.45. The summed E-state index contributed by atoms with van der Waals surface area (Å²) in [5, 5.41) is 2.14. The van der Waals surface area contributed by atoms with Crippen molar-refractivity contribution in [3.05, 3.63) is 21.9 Å². The molecule has 1 atom stereocenters. The Morgan fingerprint density at radius 1 is 1.65 bits per heavy atom. The Hall–Kier alpha value is -0.870. The second kappa shape index (κ2) is 5.65. The van der Waals surface area contributed by atoms with E-state index in [1.165, 1.54) is 10.4 Å². The number of nitrogens with zero attached hydrogens (tertiary/aromatic N) is 1. The molecule has 3 nitrogen and oxygen atoms in total. The molecule has 1 aliphatic rings. The number of hydrogen-bond donors (Lipinski definition) is 1. The Morgan fingerprint density at radius 3 is 3.18 bits per heavy atom. The van der Waals surface area contributed by atoms with Gasteiger partial charge < -0.3 is 10.6 Å². The zero-order valence-corrected chi connectivity index (χ0v) is 11.1. The van der Waals surface area contributed by atoms with Gasteiger partial charge in [0.05, 0.1) is 6.04 Å². The third kappa shape index (κ3) is 2.53. The van der Waals surface area contributed by atoms with Crippen LogP contribution in [0, 0.1) is 0 Å². The molecular formula is C13H20N2OS. The van der Waals surface area contributed by atoms with Gasteiger partial charge in [0.25, 0.3) is 0 Å². The van der Waals surface area contributed by atoms with Crippen molar-refractivity contribution in [3.8, 4) is 0 Å². The highest BCUT2D eigenvalue weighted by Gasteiger charge is 2.29. The van der Waals surface area contributed by atoms with E-state index in [-0.39, 0.29) is 11.9 Å². The molecule has 0 saturated carbocycles. The van der Waals surface area contributed by atoms with E-state index in [0.29, 0.717) is 13.0 Å². The molecule has 1 aliphatic heterocycles. The van der Waals surface area contributed by atoms with Crippen molar-refractivity contribution in [2.24, 2.45) is 5.73 Å². The number of rotatable bonds is 4. The van der Waals surface area contributed by atoms with Crippen LogP contribution in [0.4, 0.5) is 0 Å². The molecule has 0 bridgehead atoms. The van der Waals surface area contributed by atoms with Gasteiger partial charge in [0.1, 0.15) is 0 Å². The van der Waals surface area contributed by atoms with E-state index in [9.17, 15) is 4.79 Å². The van der Waals surface area contributed by atoms with Crippen LogP contribution in [0.25, 0.3) is 0 Å². The summed E-state index contributed by atoms with van der Waals surface area (Å²) in [5.41, 5.74) is 6.83. The summed E-state index contributed by atoms with van der Waals surface area (Å²) in [7, 11) is 0. The number of nitrogens with two attached hydrogens (primary N) is 1. The summed E-state index contributed by atoms with van der Waals surface area (Å²) in [4.78, 5) is 15.6. The Balaban J connectivity index is 2.12. The summed E-state index contributed by atoms with van der Waals surface area (Å²) in [6.07, 6.45) is 3.39. The van der Waals surface area contributed by atoms with Gasteiger partial charge in [0.2, 0.25) is 5.91 Å². The van der Waals surface area contributed by atoms with E-state index < -0.39 is 0 Å². The molecule has 4 heteroatoms. The van der Waals surface area contributed by atoms with E-state index >= 15 is 0 Å². The highest BCUT2D eigenvalue weighted by Crippen LogP contribution is 2.35. The topological polar surface area (TPSA) is 46.3 Å². The van der Waals surface area contributed by atoms with E-state index in [2.05, 4.69) is 18.4 Å². The molecule has 2 rings (SSSR count). The minimum Gasteiger partial charge on any atom is -0.335 e. The van der Waals surface area contributed by atoms with E-state index in [1.807, 2.05) is 16.2 Å². The van der Waals surface area contributed by atoms with Gasteiger partial charge in [-0.1, -0.05) is 6.92 Å². The van der Waals surface area contributed by atoms with Crippen molar-refractivity contribution in [2.45, 2.75) is 38.6 Å². The highest BCUT2D eigenvalue weighted by molar-refractivity contribution is 7.10. The van der Waals surface area contributed by atoms with Crippen LogP contribution in [0.5, 0.6) is 0 Å². The zero-order chi connectivity index (χ0) is 12.3. The largest absolute Gasteiger partial charge is 0.335 e. The lowest BCUT2D eigenvalue weighted by Crippen LogP contribution is -2.39. The fourth-order valence-electron chi connectivity index (χ4n) is 2.53. The first-order valence-electron chi connectivity index (χ1n) is 6.33. The quantitative estimate of drug-likeness (QED) is 0.894. The van der Waals surface area contributed by atoms with Gasteiger partial charge in [-0.05, 0) is 42.8 Å². The Labute approximate surface area is 107 Å². The minimum absolute atomic E-state index is 0.263. The van der Waals surface area contributed by atoms with Crippen molar-refractivity contribution >= 4 is 17.2 Å². The molecule has 94 valence electrons. The molecule has 1 amide bonds. The van der Waals surface area contributed by atoms with Crippen LogP contribution in [-0.2, 0) is 11.2 Å². The van der Waals surface area contributed by atoms with Crippen LogP contribution < -0.4 is 5.73 Å². The number of thiophene rings is 1. The standard InChI is InChI=1S/C13H20N2OS/c1-2-11-10-6-9-17-12(10)5-8-15(11)13(16)4-3-7-14/h6,9,11H,2-5,7-8,14H2,1H3.